The second kappa shape index (κ2) is 7.21. The lowest BCUT2D eigenvalue weighted by atomic mass is 9.86. The summed E-state index contributed by atoms with van der Waals surface area (Å²) in [6.07, 6.45) is 0. The molecule has 23 heavy (non-hydrogen) atoms. The lowest BCUT2D eigenvalue weighted by Gasteiger charge is -2.39. The number of para-hydroxylation sites is 2. The number of benzene rings is 1. The molecule has 0 radical (unpaired) electrons. The van der Waals surface area contributed by atoms with Gasteiger partial charge in [0, 0.05) is 26.2 Å². The molecular weight excluding hydrogens is 290 g/mol. The van der Waals surface area contributed by atoms with E-state index < -0.39 is 6.04 Å². The van der Waals surface area contributed by atoms with Crippen molar-refractivity contribution in [2.24, 2.45) is 11.1 Å². The van der Waals surface area contributed by atoms with Crippen molar-refractivity contribution in [1.29, 1.82) is 0 Å². The van der Waals surface area contributed by atoms with Gasteiger partial charge in [0.05, 0.1) is 18.3 Å². The highest BCUT2D eigenvalue weighted by molar-refractivity contribution is 5.82. The van der Waals surface area contributed by atoms with Crippen molar-refractivity contribution in [2.75, 3.05) is 37.7 Å². The number of piperazine rings is 1. The van der Waals surface area contributed by atoms with Crippen molar-refractivity contribution in [1.82, 2.24) is 4.90 Å². The van der Waals surface area contributed by atoms with Gasteiger partial charge in [0.2, 0.25) is 5.91 Å². The van der Waals surface area contributed by atoms with Crippen molar-refractivity contribution in [3.63, 3.8) is 0 Å². The molecule has 0 aromatic heterocycles. The highest BCUT2D eigenvalue weighted by atomic mass is 16.5. The fourth-order valence-corrected chi connectivity index (χ4v) is 2.73. The van der Waals surface area contributed by atoms with Gasteiger partial charge in [-0.25, -0.2) is 0 Å². The van der Waals surface area contributed by atoms with Gasteiger partial charge in [0.25, 0.3) is 0 Å². The van der Waals surface area contributed by atoms with Gasteiger partial charge in [-0.1, -0.05) is 32.9 Å². The molecular formula is C18H29N3O2. The van der Waals surface area contributed by atoms with E-state index in [1.807, 2.05) is 50.8 Å². The Morgan fingerprint density at radius 3 is 2.39 bits per heavy atom. The Balaban J connectivity index is 2.00. The Morgan fingerprint density at radius 1 is 1.22 bits per heavy atom. The average molecular weight is 319 g/mol. The maximum Gasteiger partial charge on any atom is 0.240 e. The van der Waals surface area contributed by atoms with Crippen LogP contribution in [0.5, 0.6) is 5.75 Å². The number of nitrogens with zero attached hydrogens (tertiary/aromatic N) is 2. The van der Waals surface area contributed by atoms with Gasteiger partial charge < -0.3 is 20.3 Å². The van der Waals surface area contributed by atoms with E-state index in [1.165, 1.54) is 0 Å². The predicted octanol–water partition coefficient (Wildman–Crippen LogP) is 2.11. The first-order chi connectivity index (χ1) is 10.8. The molecule has 128 valence electrons. The second-order valence-electron chi connectivity index (χ2n) is 7.06. The number of ether oxygens (including phenoxy) is 1. The summed E-state index contributed by atoms with van der Waals surface area (Å²) >= 11 is 0. The first-order valence-electron chi connectivity index (χ1n) is 8.35. The van der Waals surface area contributed by atoms with Crippen molar-refractivity contribution < 1.29 is 9.53 Å². The van der Waals surface area contributed by atoms with Crippen LogP contribution in [0.1, 0.15) is 27.7 Å². The third-order valence-corrected chi connectivity index (χ3v) is 4.30. The van der Waals surface area contributed by atoms with Crippen LogP contribution in [-0.2, 0) is 4.79 Å². The smallest absolute Gasteiger partial charge is 0.240 e. The number of carbonyl (C=O) groups is 1. The summed E-state index contributed by atoms with van der Waals surface area (Å²) in [7, 11) is 0. The minimum absolute atomic E-state index is 0.0512. The minimum atomic E-state index is -0.454. The van der Waals surface area contributed by atoms with E-state index >= 15 is 0 Å². The number of amides is 1. The molecule has 1 fully saturated rings. The summed E-state index contributed by atoms with van der Waals surface area (Å²) < 4.78 is 5.71. The monoisotopic (exact) mass is 319 g/mol. The lowest BCUT2D eigenvalue weighted by molar-refractivity contribution is -0.135. The molecule has 1 saturated heterocycles. The summed E-state index contributed by atoms with van der Waals surface area (Å²) in [6, 6.07) is 7.61. The molecule has 0 spiro atoms. The van der Waals surface area contributed by atoms with Crippen LogP contribution in [0.15, 0.2) is 24.3 Å². The predicted molar refractivity (Wildman–Crippen MR) is 93.8 cm³/mol. The summed E-state index contributed by atoms with van der Waals surface area (Å²) in [5.74, 6) is 0.955. The number of nitrogens with two attached hydrogens (primary N) is 1. The van der Waals surface area contributed by atoms with Gasteiger partial charge in [-0.2, -0.15) is 0 Å². The molecule has 2 N–H and O–H groups in total. The Kier molecular flexibility index (Phi) is 5.52. The topological polar surface area (TPSA) is 58.8 Å². The van der Waals surface area contributed by atoms with Crippen LogP contribution in [0, 0.1) is 5.41 Å². The molecule has 0 unspecified atom stereocenters. The number of carbonyl (C=O) groups excluding carboxylic acids is 1. The maximum absolute atomic E-state index is 12.5. The Labute approximate surface area is 139 Å². The SMILES string of the molecule is CCOc1ccccc1N1CCN(C(=O)[C@@H](N)C(C)(C)C)CC1. The van der Waals surface area contributed by atoms with Crippen LogP contribution < -0.4 is 15.4 Å². The molecule has 1 amide bonds. The summed E-state index contributed by atoms with van der Waals surface area (Å²) in [6.45, 7) is 11.6. The number of hydrogen-bond donors (Lipinski definition) is 1. The summed E-state index contributed by atoms with van der Waals surface area (Å²) in [4.78, 5) is 16.7. The van der Waals surface area contributed by atoms with E-state index in [-0.39, 0.29) is 11.3 Å². The molecule has 0 bridgehead atoms. The molecule has 0 saturated carbocycles. The average Bonchev–Trinajstić information content (AvgIpc) is 2.54. The zero-order valence-corrected chi connectivity index (χ0v) is 14.7. The first kappa shape index (κ1) is 17.6. The Morgan fingerprint density at radius 2 is 1.83 bits per heavy atom. The van der Waals surface area contributed by atoms with Gasteiger partial charge in [-0.3, -0.25) is 4.79 Å². The molecule has 1 aromatic rings. The Hall–Kier alpha value is -1.75. The van der Waals surface area contributed by atoms with Gasteiger partial charge in [-0.05, 0) is 24.5 Å². The zero-order valence-electron chi connectivity index (χ0n) is 14.7. The number of anilines is 1. The molecule has 1 heterocycles. The van der Waals surface area contributed by atoms with Gasteiger partial charge in [-0.15, -0.1) is 0 Å². The largest absolute Gasteiger partial charge is 0.492 e. The highest BCUT2D eigenvalue weighted by Gasteiger charge is 2.32. The van der Waals surface area contributed by atoms with Crippen molar-refractivity contribution in [3.8, 4) is 5.75 Å². The third-order valence-electron chi connectivity index (χ3n) is 4.30. The molecule has 1 aromatic carbocycles. The van der Waals surface area contributed by atoms with Gasteiger partial charge in [0.15, 0.2) is 0 Å². The minimum Gasteiger partial charge on any atom is -0.492 e. The molecule has 0 aliphatic carbocycles. The standard InChI is InChI=1S/C18H29N3O2/c1-5-23-15-9-7-6-8-14(15)20-10-12-21(13-11-20)17(22)16(19)18(2,3)4/h6-9,16H,5,10-13,19H2,1-4H3/t16-/m1/s1. The van der Waals surface area contributed by atoms with Crippen molar-refractivity contribution in [3.05, 3.63) is 24.3 Å². The quantitative estimate of drug-likeness (QED) is 0.923. The highest BCUT2D eigenvalue weighted by Crippen LogP contribution is 2.29. The van der Waals surface area contributed by atoms with Crippen LogP contribution in [-0.4, -0.2) is 49.6 Å². The third kappa shape index (κ3) is 4.16. The maximum atomic E-state index is 12.5. The van der Waals surface area contributed by atoms with E-state index in [0.29, 0.717) is 19.7 Å². The van der Waals surface area contributed by atoms with Crippen LogP contribution in [0.4, 0.5) is 5.69 Å². The fourth-order valence-electron chi connectivity index (χ4n) is 2.73. The van der Waals surface area contributed by atoms with Crippen molar-refractivity contribution in [2.45, 2.75) is 33.7 Å². The molecule has 2 rings (SSSR count). The summed E-state index contributed by atoms with van der Waals surface area (Å²) in [5.41, 5.74) is 7.00. The van der Waals surface area contributed by atoms with E-state index in [9.17, 15) is 4.79 Å². The van der Waals surface area contributed by atoms with Crippen LogP contribution in [0.2, 0.25) is 0 Å². The molecule has 1 aliphatic rings. The van der Waals surface area contributed by atoms with Gasteiger partial charge >= 0.3 is 0 Å². The molecule has 5 nitrogen and oxygen atoms in total. The Bertz CT molecular complexity index is 531. The lowest BCUT2D eigenvalue weighted by Crippen LogP contribution is -2.56. The van der Waals surface area contributed by atoms with Gasteiger partial charge in [0.1, 0.15) is 5.75 Å². The fraction of sp³-hybridized carbons (Fsp3) is 0.611. The molecule has 1 atom stereocenters. The number of hydrogen-bond acceptors (Lipinski definition) is 4. The summed E-state index contributed by atoms with van der Waals surface area (Å²) in [5, 5.41) is 0. The van der Waals surface area contributed by atoms with Crippen LogP contribution in [0.25, 0.3) is 0 Å². The second-order valence-corrected chi connectivity index (χ2v) is 7.06. The van der Waals surface area contributed by atoms with Crippen LogP contribution in [0.3, 0.4) is 0 Å². The van der Waals surface area contributed by atoms with Crippen molar-refractivity contribution >= 4 is 11.6 Å². The van der Waals surface area contributed by atoms with E-state index in [1.54, 1.807) is 0 Å². The zero-order chi connectivity index (χ0) is 17.0. The van der Waals surface area contributed by atoms with E-state index in [2.05, 4.69) is 11.0 Å². The first-order valence-corrected chi connectivity index (χ1v) is 8.35. The van der Waals surface area contributed by atoms with E-state index in [4.69, 9.17) is 10.5 Å². The molecule has 1 aliphatic heterocycles. The normalized spacial score (nSPS) is 17.1. The number of rotatable bonds is 4. The van der Waals surface area contributed by atoms with Crippen LogP contribution >= 0.6 is 0 Å². The molecule has 5 heteroatoms. The van der Waals surface area contributed by atoms with E-state index in [0.717, 1.165) is 24.5 Å².